The van der Waals surface area contributed by atoms with Gasteiger partial charge >= 0.3 is 5.97 Å². The van der Waals surface area contributed by atoms with E-state index in [0.29, 0.717) is 9.23 Å². The average molecular weight is 399 g/mol. The van der Waals surface area contributed by atoms with E-state index in [2.05, 4.69) is 29.2 Å². The van der Waals surface area contributed by atoms with Gasteiger partial charge in [0.15, 0.2) is 6.23 Å². The topological polar surface area (TPSA) is 64.0 Å². The SMILES string of the molecule is O=C(O)CN1C(=S)S/C(=C\c2ccc3c(c2)CCN3c2ccccc2)C1O. The average Bonchev–Trinajstić information content (AvgIpc) is 3.18. The number of para-hydroxylation sites is 1. The van der Waals surface area contributed by atoms with Crippen LogP contribution in [0.2, 0.25) is 0 Å². The Morgan fingerprint density at radius 1 is 1.26 bits per heavy atom. The van der Waals surface area contributed by atoms with E-state index in [-0.39, 0.29) is 6.54 Å². The molecular formula is C20H18N2O3S2. The van der Waals surface area contributed by atoms with Crippen LogP contribution in [0.5, 0.6) is 0 Å². The van der Waals surface area contributed by atoms with Gasteiger partial charge < -0.3 is 20.0 Å². The highest BCUT2D eigenvalue weighted by molar-refractivity contribution is 8.25. The fourth-order valence-electron chi connectivity index (χ4n) is 3.42. The summed E-state index contributed by atoms with van der Waals surface area (Å²) in [5.74, 6) is -1.02. The summed E-state index contributed by atoms with van der Waals surface area (Å²) in [5, 5.41) is 19.4. The van der Waals surface area contributed by atoms with Gasteiger partial charge in [0.05, 0.1) is 0 Å². The molecule has 7 heteroatoms. The van der Waals surface area contributed by atoms with E-state index in [1.54, 1.807) is 0 Å². The first-order valence-corrected chi connectivity index (χ1v) is 9.81. The second kappa shape index (κ2) is 7.34. The molecule has 0 aromatic heterocycles. The minimum Gasteiger partial charge on any atom is -0.480 e. The molecular weight excluding hydrogens is 380 g/mol. The Hall–Kier alpha value is -2.35. The molecule has 27 heavy (non-hydrogen) atoms. The molecule has 0 bridgehead atoms. The Morgan fingerprint density at radius 2 is 2.04 bits per heavy atom. The highest BCUT2D eigenvalue weighted by Gasteiger charge is 2.33. The van der Waals surface area contributed by atoms with Crippen molar-refractivity contribution in [3.8, 4) is 0 Å². The molecule has 0 saturated carbocycles. The monoisotopic (exact) mass is 398 g/mol. The van der Waals surface area contributed by atoms with Crippen LogP contribution >= 0.6 is 24.0 Å². The lowest BCUT2D eigenvalue weighted by Gasteiger charge is -2.19. The molecule has 2 heterocycles. The third-order valence-corrected chi connectivity index (χ3v) is 6.13. The Bertz CT molecular complexity index is 930. The maximum atomic E-state index is 10.9. The number of thiocarbonyl (C=S) groups is 1. The van der Waals surface area contributed by atoms with Crippen LogP contribution in [0, 0.1) is 0 Å². The zero-order chi connectivity index (χ0) is 19.0. The maximum absolute atomic E-state index is 10.9. The van der Waals surface area contributed by atoms with Crippen LogP contribution in [0.1, 0.15) is 11.1 Å². The van der Waals surface area contributed by atoms with E-state index in [9.17, 15) is 9.90 Å². The van der Waals surface area contributed by atoms with Crippen molar-refractivity contribution in [2.45, 2.75) is 12.6 Å². The number of benzene rings is 2. The largest absolute Gasteiger partial charge is 0.480 e. The van der Waals surface area contributed by atoms with Crippen molar-refractivity contribution >= 4 is 51.7 Å². The summed E-state index contributed by atoms with van der Waals surface area (Å²) in [6.45, 7) is 0.633. The maximum Gasteiger partial charge on any atom is 0.323 e. The van der Waals surface area contributed by atoms with E-state index in [4.69, 9.17) is 17.3 Å². The lowest BCUT2D eigenvalue weighted by atomic mass is 10.1. The van der Waals surface area contributed by atoms with Crippen LogP contribution < -0.4 is 4.90 Å². The molecule has 2 aromatic carbocycles. The third kappa shape index (κ3) is 3.58. The zero-order valence-electron chi connectivity index (χ0n) is 14.4. The van der Waals surface area contributed by atoms with Gasteiger partial charge in [-0.25, -0.2) is 0 Å². The van der Waals surface area contributed by atoms with Gasteiger partial charge in [-0.05, 0) is 47.9 Å². The molecule has 0 aliphatic carbocycles. The van der Waals surface area contributed by atoms with Gasteiger partial charge in [0, 0.05) is 22.8 Å². The molecule has 1 fully saturated rings. The summed E-state index contributed by atoms with van der Waals surface area (Å²) in [6.07, 6.45) is 1.84. The Morgan fingerprint density at radius 3 is 2.78 bits per heavy atom. The Labute approximate surface area is 166 Å². The minimum absolute atomic E-state index is 0.305. The van der Waals surface area contributed by atoms with Crippen molar-refractivity contribution < 1.29 is 15.0 Å². The predicted octanol–water partition coefficient (Wildman–Crippen LogP) is 3.46. The van der Waals surface area contributed by atoms with Crippen LogP contribution in [0.4, 0.5) is 11.4 Å². The number of aliphatic hydroxyl groups is 1. The molecule has 1 unspecified atom stereocenters. The van der Waals surface area contributed by atoms with E-state index < -0.39 is 12.2 Å². The summed E-state index contributed by atoms with van der Waals surface area (Å²) in [7, 11) is 0. The van der Waals surface area contributed by atoms with Crippen molar-refractivity contribution in [3.63, 3.8) is 0 Å². The van der Waals surface area contributed by atoms with Gasteiger partial charge in [-0.15, -0.1) is 0 Å². The summed E-state index contributed by atoms with van der Waals surface area (Å²) < 4.78 is 0.382. The number of carboxylic acid groups (broad SMARTS) is 1. The highest BCUT2D eigenvalue weighted by atomic mass is 32.2. The minimum atomic E-state index is -1.02. The quantitative estimate of drug-likeness (QED) is 0.765. The first kappa shape index (κ1) is 18.0. The summed E-state index contributed by atoms with van der Waals surface area (Å²) in [6, 6.07) is 16.5. The number of nitrogens with zero attached hydrogens (tertiary/aromatic N) is 2. The van der Waals surface area contributed by atoms with E-state index in [1.807, 2.05) is 30.3 Å². The van der Waals surface area contributed by atoms with Gasteiger partial charge in [-0.1, -0.05) is 48.2 Å². The third-order valence-electron chi connectivity index (χ3n) is 4.67. The van der Waals surface area contributed by atoms with Gasteiger partial charge in [-0.3, -0.25) is 4.79 Å². The number of hydrogen-bond donors (Lipinski definition) is 2. The first-order chi connectivity index (χ1) is 13.0. The number of aliphatic carboxylic acids is 1. The van der Waals surface area contributed by atoms with Crippen LogP contribution in [-0.2, 0) is 11.2 Å². The van der Waals surface area contributed by atoms with E-state index >= 15 is 0 Å². The van der Waals surface area contributed by atoms with Gasteiger partial charge in [-0.2, -0.15) is 0 Å². The number of carboxylic acids is 1. The predicted molar refractivity (Wildman–Crippen MR) is 112 cm³/mol. The molecule has 1 saturated heterocycles. The van der Waals surface area contributed by atoms with Crippen molar-refractivity contribution in [1.82, 2.24) is 4.90 Å². The van der Waals surface area contributed by atoms with Crippen molar-refractivity contribution in [3.05, 3.63) is 64.6 Å². The molecule has 4 rings (SSSR count). The van der Waals surface area contributed by atoms with Gasteiger partial charge in [0.1, 0.15) is 10.9 Å². The number of rotatable bonds is 4. The molecule has 2 aromatic rings. The smallest absolute Gasteiger partial charge is 0.323 e. The number of thioether (sulfide) groups is 1. The number of anilines is 2. The Balaban J connectivity index is 1.58. The summed E-state index contributed by atoms with van der Waals surface area (Å²) in [4.78, 5) is 15.2. The number of fused-ring (bicyclic) bond motifs is 1. The van der Waals surface area contributed by atoms with Crippen molar-refractivity contribution in [1.29, 1.82) is 0 Å². The first-order valence-electron chi connectivity index (χ1n) is 8.58. The molecule has 0 spiro atoms. The van der Waals surface area contributed by atoms with Crippen LogP contribution in [0.15, 0.2) is 53.4 Å². The van der Waals surface area contributed by atoms with Crippen LogP contribution in [0.3, 0.4) is 0 Å². The lowest BCUT2D eigenvalue weighted by molar-refractivity contribution is -0.138. The molecule has 1 atom stereocenters. The fourth-order valence-corrected chi connectivity index (χ4v) is 4.78. The van der Waals surface area contributed by atoms with Crippen molar-refractivity contribution in [2.24, 2.45) is 0 Å². The van der Waals surface area contributed by atoms with Crippen LogP contribution in [-0.4, -0.2) is 44.7 Å². The van der Waals surface area contributed by atoms with Gasteiger partial charge in [0.2, 0.25) is 0 Å². The summed E-state index contributed by atoms with van der Waals surface area (Å²) >= 11 is 6.44. The molecule has 0 amide bonds. The molecule has 5 nitrogen and oxygen atoms in total. The van der Waals surface area contributed by atoms with Gasteiger partial charge in [0.25, 0.3) is 0 Å². The fraction of sp³-hybridized carbons (Fsp3) is 0.200. The molecule has 2 aliphatic heterocycles. The zero-order valence-corrected chi connectivity index (χ0v) is 16.0. The van der Waals surface area contributed by atoms with E-state index in [0.717, 1.165) is 18.5 Å². The number of hydrogen-bond acceptors (Lipinski definition) is 5. The molecule has 2 N–H and O–H groups in total. The highest BCUT2D eigenvalue weighted by Crippen LogP contribution is 2.38. The Kier molecular flexibility index (Phi) is 4.90. The lowest BCUT2D eigenvalue weighted by Crippen LogP contribution is -2.36. The van der Waals surface area contributed by atoms with Crippen molar-refractivity contribution in [2.75, 3.05) is 18.0 Å². The summed E-state index contributed by atoms with van der Waals surface area (Å²) in [5.41, 5.74) is 4.62. The molecule has 138 valence electrons. The normalized spacial score (nSPS) is 20.4. The molecule has 0 radical (unpaired) electrons. The molecule has 2 aliphatic rings. The second-order valence-electron chi connectivity index (χ2n) is 6.44. The van der Waals surface area contributed by atoms with Crippen LogP contribution in [0.25, 0.3) is 6.08 Å². The number of aliphatic hydroxyl groups excluding tert-OH is 1. The van der Waals surface area contributed by atoms with E-state index in [1.165, 1.54) is 33.6 Å². The number of carbonyl (C=O) groups is 1. The standard InChI is InChI=1S/C20H18N2O3S2/c23-18(24)12-22-19(25)17(27-20(22)26)11-13-6-7-16-14(10-13)8-9-21(16)15-4-2-1-3-5-15/h1-7,10-11,19,25H,8-9,12H2,(H,23,24)/b17-11-. The second-order valence-corrected chi connectivity index (χ2v) is 8.14.